The van der Waals surface area contributed by atoms with E-state index in [0.717, 1.165) is 5.56 Å². The first kappa shape index (κ1) is 23.4. The number of nitrogens with zero attached hydrogens (tertiary/aromatic N) is 3. The molecule has 4 aromatic rings. The first-order valence-corrected chi connectivity index (χ1v) is 12.3. The van der Waals surface area contributed by atoms with Gasteiger partial charge in [-0.3, -0.25) is 9.59 Å². The van der Waals surface area contributed by atoms with Crippen LogP contribution < -0.4 is 10.7 Å². The van der Waals surface area contributed by atoms with Gasteiger partial charge in [0.2, 0.25) is 11.1 Å². The minimum absolute atomic E-state index is 0.0284. The summed E-state index contributed by atoms with van der Waals surface area (Å²) in [6, 6.07) is 21.3. The largest absolute Gasteiger partial charge is 0.326 e. The van der Waals surface area contributed by atoms with E-state index in [2.05, 4.69) is 20.9 Å². The zero-order valence-corrected chi connectivity index (χ0v) is 20.7. The summed E-state index contributed by atoms with van der Waals surface area (Å²) >= 11 is 13.9. The van der Waals surface area contributed by atoms with E-state index in [1.54, 1.807) is 35.0 Å². The normalized spacial score (nSPS) is 16.8. The van der Waals surface area contributed by atoms with E-state index in [4.69, 9.17) is 23.2 Å². The van der Waals surface area contributed by atoms with Gasteiger partial charge in [-0.05, 0) is 35.9 Å². The third kappa shape index (κ3) is 4.77. The molecule has 35 heavy (non-hydrogen) atoms. The summed E-state index contributed by atoms with van der Waals surface area (Å²) in [7, 11) is 0. The van der Waals surface area contributed by atoms with Crippen LogP contribution in [0.3, 0.4) is 0 Å². The number of anilines is 1. The lowest BCUT2D eigenvalue weighted by Gasteiger charge is -2.33. The number of thioether (sulfide) groups is 1. The average Bonchev–Trinajstić information content (AvgIpc) is 3.26. The molecule has 0 saturated heterocycles. The molecule has 0 saturated carbocycles. The molecule has 1 amide bonds. The van der Waals surface area contributed by atoms with Crippen LogP contribution in [0, 0.1) is 0 Å². The van der Waals surface area contributed by atoms with Gasteiger partial charge < -0.3 is 10.7 Å². The van der Waals surface area contributed by atoms with Crippen molar-refractivity contribution >= 4 is 52.3 Å². The van der Waals surface area contributed by atoms with E-state index in [9.17, 15) is 9.59 Å². The monoisotopic (exact) mass is 523 g/mol. The number of rotatable bonds is 5. The number of hydrogen-bond acceptors (Lipinski definition) is 6. The highest BCUT2D eigenvalue weighted by Gasteiger charge is 2.38. The smallest absolute Gasteiger partial charge is 0.221 e. The van der Waals surface area contributed by atoms with Gasteiger partial charge in [0.15, 0.2) is 11.6 Å². The van der Waals surface area contributed by atoms with Crippen molar-refractivity contribution in [3.63, 3.8) is 0 Å². The Kier molecular flexibility index (Phi) is 6.51. The summed E-state index contributed by atoms with van der Waals surface area (Å²) in [6.07, 6.45) is 0. The molecule has 2 atom stereocenters. The molecule has 0 fully saturated rings. The Morgan fingerprint density at radius 3 is 2.43 bits per heavy atom. The molecule has 176 valence electrons. The third-order valence-corrected chi connectivity index (χ3v) is 7.28. The number of carbonyl (C=O) groups is 2. The standard InChI is InChI=1S/C25H19Cl2N5O2S/c1-14(33)28-18-10-7-15(8-11-18)21-23(22(34)16-5-3-2-4-6-16)35-25-30-29-24(32(25)31-21)19-12-9-17(26)13-20(19)27/h2-13,21,23,31H,1H3,(H,28,33). The van der Waals surface area contributed by atoms with Crippen molar-refractivity contribution in [3.05, 3.63) is 94.0 Å². The van der Waals surface area contributed by atoms with Crippen molar-refractivity contribution in [3.8, 4) is 11.4 Å². The Morgan fingerprint density at radius 1 is 1.00 bits per heavy atom. The van der Waals surface area contributed by atoms with Crippen molar-refractivity contribution in [2.45, 2.75) is 23.4 Å². The van der Waals surface area contributed by atoms with Gasteiger partial charge in [0.05, 0.1) is 11.1 Å². The van der Waals surface area contributed by atoms with E-state index in [-0.39, 0.29) is 11.7 Å². The van der Waals surface area contributed by atoms with Crippen molar-refractivity contribution in [2.24, 2.45) is 0 Å². The Balaban J connectivity index is 1.56. The number of Topliss-reactive ketones (excluding diaryl/α,β-unsaturated/α-hetero) is 1. The summed E-state index contributed by atoms with van der Waals surface area (Å²) in [5, 5.41) is 12.4. The zero-order valence-electron chi connectivity index (χ0n) is 18.4. The van der Waals surface area contributed by atoms with Gasteiger partial charge >= 0.3 is 0 Å². The van der Waals surface area contributed by atoms with Crippen LogP contribution in [-0.2, 0) is 4.79 Å². The summed E-state index contributed by atoms with van der Waals surface area (Å²) in [4.78, 5) is 25.0. The molecule has 0 bridgehead atoms. The molecular formula is C25H19Cl2N5O2S. The first-order valence-electron chi connectivity index (χ1n) is 10.7. The van der Waals surface area contributed by atoms with Gasteiger partial charge in [0, 0.05) is 28.8 Å². The fraction of sp³-hybridized carbons (Fsp3) is 0.120. The molecule has 0 radical (unpaired) electrons. The van der Waals surface area contributed by atoms with E-state index in [1.807, 2.05) is 42.5 Å². The maximum Gasteiger partial charge on any atom is 0.221 e. The highest BCUT2D eigenvalue weighted by Crippen LogP contribution is 2.41. The van der Waals surface area contributed by atoms with Gasteiger partial charge in [-0.2, -0.15) is 0 Å². The average molecular weight is 524 g/mol. The Bertz CT molecular complexity index is 1410. The number of halogens is 2. The van der Waals surface area contributed by atoms with Gasteiger partial charge in [-0.15, -0.1) is 10.2 Å². The molecule has 10 heteroatoms. The lowest BCUT2D eigenvalue weighted by Crippen LogP contribution is -2.39. The number of fused-ring (bicyclic) bond motifs is 1. The SMILES string of the molecule is CC(=O)Nc1ccc(C2Nn3c(nnc3-c3ccc(Cl)cc3Cl)SC2C(=O)c2ccccc2)cc1. The maximum absolute atomic E-state index is 13.6. The molecule has 2 unspecified atom stereocenters. The second-order valence-corrected chi connectivity index (χ2v) is 9.90. The van der Waals surface area contributed by atoms with Gasteiger partial charge in [0.1, 0.15) is 5.25 Å². The molecule has 2 heterocycles. The lowest BCUT2D eigenvalue weighted by atomic mass is 9.97. The van der Waals surface area contributed by atoms with Crippen LogP contribution in [-0.4, -0.2) is 31.8 Å². The molecule has 7 nitrogen and oxygen atoms in total. The molecular weight excluding hydrogens is 505 g/mol. The van der Waals surface area contributed by atoms with E-state index < -0.39 is 11.3 Å². The van der Waals surface area contributed by atoms with Crippen LogP contribution in [0.5, 0.6) is 0 Å². The predicted octanol–water partition coefficient (Wildman–Crippen LogP) is 5.85. The van der Waals surface area contributed by atoms with Crippen LogP contribution >= 0.6 is 35.0 Å². The molecule has 1 aliphatic rings. The minimum atomic E-state index is -0.505. The van der Waals surface area contributed by atoms with Gasteiger partial charge in [-0.1, -0.05) is 77.4 Å². The number of ketones is 1. The highest BCUT2D eigenvalue weighted by molar-refractivity contribution is 8.00. The molecule has 5 rings (SSSR count). The summed E-state index contributed by atoms with van der Waals surface area (Å²) < 4.78 is 1.75. The second kappa shape index (κ2) is 9.73. The van der Waals surface area contributed by atoms with Crippen molar-refractivity contribution < 1.29 is 9.59 Å². The molecule has 1 aromatic heterocycles. The van der Waals surface area contributed by atoms with Crippen LogP contribution in [0.4, 0.5) is 5.69 Å². The Hall–Kier alpha value is -3.33. The highest BCUT2D eigenvalue weighted by atomic mass is 35.5. The van der Waals surface area contributed by atoms with Gasteiger partial charge in [-0.25, -0.2) is 4.68 Å². The first-order chi connectivity index (χ1) is 16.9. The van der Waals surface area contributed by atoms with Crippen LogP contribution in [0.25, 0.3) is 11.4 Å². The summed E-state index contributed by atoms with van der Waals surface area (Å²) in [6.45, 7) is 1.46. The quantitative estimate of drug-likeness (QED) is 0.319. The van der Waals surface area contributed by atoms with E-state index in [1.165, 1.54) is 18.7 Å². The number of benzene rings is 3. The maximum atomic E-state index is 13.6. The molecule has 0 spiro atoms. The van der Waals surface area contributed by atoms with Crippen LogP contribution in [0.2, 0.25) is 10.0 Å². The van der Waals surface area contributed by atoms with E-state index in [0.29, 0.717) is 37.8 Å². The van der Waals surface area contributed by atoms with Gasteiger partial charge in [0.25, 0.3) is 0 Å². The predicted molar refractivity (Wildman–Crippen MR) is 139 cm³/mol. The number of aromatic nitrogens is 3. The van der Waals surface area contributed by atoms with E-state index >= 15 is 0 Å². The molecule has 1 aliphatic heterocycles. The number of amides is 1. The molecule has 2 N–H and O–H groups in total. The Morgan fingerprint density at radius 2 is 1.74 bits per heavy atom. The molecule has 3 aromatic carbocycles. The fourth-order valence-electron chi connectivity index (χ4n) is 3.89. The Labute approximate surface area is 215 Å². The van der Waals surface area contributed by atoms with Crippen molar-refractivity contribution in [1.82, 2.24) is 14.9 Å². The summed E-state index contributed by atoms with van der Waals surface area (Å²) in [5.41, 5.74) is 6.25. The number of hydrogen-bond donors (Lipinski definition) is 2. The third-order valence-electron chi connectivity index (χ3n) is 5.52. The molecule has 0 aliphatic carbocycles. The zero-order chi connectivity index (χ0) is 24.5. The van der Waals surface area contributed by atoms with Crippen molar-refractivity contribution in [1.29, 1.82) is 0 Å². The lowest BCUT2D eigenvalue weighted by molar-refractivity contribution is -0.114. The number of carbonyl (C=O) groups excluding carboxylic acids is 2. The van der Waals surface area contributed by atoms with Crippen LogP contribution in [0.15, 0.2) is 78.0 Å². The minimum Gasteiger partial charge on any atom is -0.326 e. The van der Waals surface area contributed by atoms with Crippen LogP contribution in [0.1, 0.15) is 28.9 Å². The second-order valence-electron chi connectivity index (χ2n) is 7.94. The topological polar surface area (TPSA) is 88.9 Å². The van der Waals surface area contributed by atoms with Crippen molar-refractivity contribution in [2.75, 3.05) is 10.7 Å². The number of nitrogens with one attached hydrogen (secondary N) is 2. The summed E-state index contributed by atoms with van der Waals surface area (Å²) in [5.74, 6) is 0.332. The fourth-order valence-corrected chi connectivity index (χ4v) is 5.54.